The summed E-state index contributed by atoms with van der Waals surface area (Å²) in [5.74, 6) is 0. The van der Waals surface area contributed by atoms with E-state index in [4.69, 9.17) is 4.43 Å². The van der Waals surface area contributed by atoms with Crippen molar-refractivity contribution in [2.45, 2.75) is 13.1 Å². The van der Waals surface area contributed by atoms with Crippen molar-refractivity contribution in [1.82, 2.24) is 0 Å². The number of hydrogen-bond donors (Lipinski definition) is 0. The second-order valence-electron chi connectivity index (χ2n) is 1.95. The van der Waals surface area contributed by atoms with E-state index in [0.717, 1.165) is 0 Å². The van der Waals surface area contributed by atoms with Gasteiger partial charge in [0.15, 0.2) is 0 Å². The van der Waals surface area contributed by atoms with Crippen LogP contribution in [0, 0.1) is 7.11 Å². The summed E-state index contributed by atoms with van der Waals surface area (Å²) in [5.41, 5.74) is 1.85. The average molecular weight is 115 g/mol. The van der Waals surface area contributed by atoms with Crippen LogP contribution >= 0.6 is 0 Å². The van der Waals surface area contributed by atoms with Crippen LogP contribution in [0.2, 0.25) is 13.1 Å². The average Bonchev–Trinajstić information content (AvgIpc) is 1.68. The molecule has 0 atom stereocenters. The van der Waals surface area contributed by atoms with E-state index in [1.54, 1.807) is 0 Å². The maximum atomic E-state index is 4.86. The van der Waals surface area contributed by atoms with Gasteiger partial charge in [-0.15, -0.1) is 6.58 Å². The summed E-state index contributed by atoms with van der Waals surface area (Å²) in [6.45, 7) is 7.67. The topological polar surface area (TPSA) is 9.23 Å². The lowest BCUT2D eigenvalue weighted by atomic mass is 11.3. The van der Waals surface area contributed by atoms with Gasteiger partial charge in [0, 0.05) is 0 Å². The molecule has 41 valence electrons. The van der Waals surface area contributed by atoms with Crippen molar-refractivity contribution in [2.75, 3.05) is 0 Å². The lowest BCUT2D eigenvalue weighted by molar-refractivity contribution is 0.476. The Hall–Kier alpha value is -0.0831. The zero-order chi connectivity index (χ0) is 5.91. The van der Waals surface area contributed by atoms with Crippen molar-refractivity contribution >= 4 is 8.32 Å². The summed E-state index contributed by atoms with van der Waals surface area (Å²) < 4.78 is 4.86. The van der Waals surface area contributed by atoms with Crippen molar-refractivity contribution < 1.29 is 4.43 Å². The smallest absolute Gasteiger partial charge is 0.210 e. The van der Waals surface area contributed by atoms with Gasteiger partial charge in [-0.3, -0.25) is 0 Å². The highest BCUT2D eigenvalue weighted by molar-refractivity contribution is 6.76. The molecule has 0 fully saturated rings. The second kappa shape index (κ2) is 2.28. The van der Waals surface area contributed by atoms with Crippen LogP contribution in [0.25, 0.3) is 0 Å². The minimum Gasteiger partial charge on any atom is -0.411 e. The standard InChI is InChI=1S/C5H11OSi/c1-5-7(3,4)6-2/h5H,1-2H2,3-4H3. The summed E-state index contributed by atoms with van der Waals surface area (Å²) in [6.07, 6.45) is 0. The Kier molecular flexibility index (Phi) is 2.26. The van der Waals surface area contributed by atoms with Crippen molar-refractivity contribution in [3.05, 3.63) is 19.4 Å². The Morgan fingerprint density at radius 3 is 2.00 bits per heavy atom. The van der Waals surface area contributed by atoms with Gasteiger partial charge in [0.1, 0.15) is 0 Å². The number of rotatable bonds is 2. The third-order valence-electron chi connectivity index (χ3n) is 0.864. The fourth-order valence-corrected chi connectivity index (χ4v) is 0.177. The lowest BCUT2D eigenvalue weighted by Gasteiger charge is -2.11. The molecule has 1 radical (unpaired) electrons. The van der Waals surface area contributed by atoms with Crippen molar-refractivity contribution in [1.29, 1.82) is 0 Å². The quantitative estimate of drug-likeness (QED) is 0.498. The van der Waals surface area contributed by atoms with Crippen LogP contribution < -0.4 is 0 Å². The Balaban J connectivity index is 3.58. The van der Waals surface area contributed by atoms with Crippen LogP contribution in [0.5, 0.6) is 0 Å². The molecule has 0 aromatic rings. The minimum absolute atomic E-state index is 1.50. The molecule has 0 saturated carbocycles. The van der Waals surface area contributed by atoms with Gasteiger partial charge in [-0.25, -0.2) is 0 Å². The predicted octanol–water partition coefficient (Wildman–Crippen LogP) is 1.72. The molecule has 0 spiro atoms. The van der Waals surface area contributed by atoms with E-state index < -0.39 is 8.32 Å². The minimum atomic E-state index is -1.50. The molecule has 0 aromatic heterocycles. The summed E-state index contributed by atoms with van der Waals surface area (Å²) >= 11 is 0. The highest BCUT2D eigenvalue weighted by atomic mass is 28.4. The molecule has 1 nitrogen and oxygen atoms in total. The molecule has 0 rings (SSSR count). The molecule has 0 aliphatic carbocycles. The van der Waals surface area contributed by atoms with Crippen LogP contribution in [0.1, 0.15) is 0 Å². The van der Waals surface area contributed by atoms with Crippen LogP contribution in [0.15, 0.2) is 12.3 Å². The molecule has 0 aromatic carbocycles. The molecule has 0 aliphatic rings. The highest BCUT2D eigenvalue weighted by Gasteiger charge is 2.13. The van der Waals surface area contributed by atoms with Crippen LogP contribution in [-0.4, -0.2) is 8.32 Å². The van der Waals surface area contributed by atoms with Gasteiger partial charge in [0.2, 0.25) is 8.32 Å². The molecule has 0 unspecified atom stereocenters. The van der Waals surface area contributed by atoms with Gasteiger partial charge >= 0.3 is 0 Å². The van der Waals surface area contributed by atoms with E-state index in [1.807, 2.05) is 18.8 Å². The van der Waals surface area contributed by atoms with Gasteiger partial charge in [-0.05, 0) is 13.1 Å². The zero-order valence-electron chi connectivity index (χ0n) is 4.90. The van der Waals surface area contributed by atoms with Crippen LogP contribution in [-0.2, 0) is 4.43 Å². The van der Waals surface area contributed by atoms with Crippen molar-refractivity contribution in [3.8, 4) is 0 Å². The first kappa shape index (κ1) is 6.92. The van der Waals surface area contributed by atoms with E-state index in [9.17, 15) is 0 Å². The van der Waals surface area contributed by atoms with E-state index in [-0.39, 0.29) is 0 Å². The first-order valence-corrected chi connectivity index (χ1v) is 5.18. The third kappa shape index (κ3) is 2.59. The third-order valence-corrected chi connectivity index (χ3v) is 2.59. The fraction of sp³-hybridized carbons (Fsp3) is 0.400. The van der Waals surface area contributed by atoms with Crippen LogP contribution in [0.3, 0.4) is 0 Å². The van der Waals surface area contributed by atoms with Crippen molar-refractivity contribution in [2.24, 2.45) is 0 Å². The highest BCUT2D eigenvalue weighted by Crippen LogP contribution is 2.01. The van der Waals surface area contributed by atoms with Gasteiger partial charge in [0.25, 0.3) is 0 Å². The normalized spacial score (nSPS) is 11.3. The first-order valence-electron chi connectivity index (χ1n) is 2.19. The molecular weight excluding hydrogens is 104 g/mol. The zero-order valence-corrected chi connectivity index (χ0v) is 5.90. The maximum absolute atomic E-state index is 4.86. The van der Waals surface area contributed by atoms with Crippen LogP contribution in [0.4, 0.5) is 0 Å². The van der Waals surface area contributed by atoms with Gasteiger partial charge in [-0.1, -0.05) is 5.70 Å². The molecule has 0 saturated heterocycles. The first-order chi connectivity index (χ1) is 3.12. The Morgan fingerprint density at radius 2 is 2.00 bits per heavy atom. The molecule has 7 heavy (non-hydrogen) atoms. The molecule has 2 heteroatoms. The monoisotopic (exact) mass is 115 g/mol. The molecule has 0 heterocycles. The van der Waals surface area contributed by atoms with Crippen molar-refractivity contribution in [3.63, 3.8) is 0 Å². The van der Waals surface area contributed by atoms with E-state index in [2.05, 4.69) is 13.7 Å². The molecule has 0 bridgehead atoms. The van der Waals surface area contributed by atoms with Gasteiger partial charge in [-0.2, -0.15) is 0 Å². The lowest BCUT2D eigenvalue weighted by Crippen LogP contribution is -2.23. The fourth-order valence-electron chi connectivity index (χ4n) is 0.0589. The molecular formula is C5H11OSi. The predicted molar refractivity (Wildman–Crippen MR) is 34.1 cm³/mol. The van der Waals surface area contributed by atoms with E-state index >= 15 is 0 Å². The molecule has 0 aliphatic heterocycles. The van der Waals surface area contributed by atoms with E-state index in [1.165, 1.54) is 0 Å². The van der Waals surface area contributed by atoms with Gasteiger partial charge < -0.3 is 4.43 Å². The summed E-state index contributed by atoms with van der Waals surface area (Å²) in [6, 6.07) is 0. The summed E-state index contributed by atoms with van der Waals surface area (Å²) in [4.78, 5) is 0. The van der Waals surface area contributed by atoms with Gasteiger partial charge in [0.05, 0.1) is 7.11 Å². The SMILES string of the molecule is [CH2]O[Si](C)(C)C=C. The Bertz CT molecular complexity index is 68.5. The largest absolute Gasteiger partial charge is 0.411 e. The molecule has 0 amide bonds. The van der Waals surface area contributed by atoms with E-state index in [0.29, 0.717) is 0 Å². The number of hydrogen-bond acceptors (Lipinski definition) is 1. The summed E-state index contributed by atoms with van der Waals surface area (Å²) in [5, 5.41) is 0. The Morgan fingerprint density at radius 1 is 1.57 bits per heavy atom. The summed E-state index contributed by atoms with van der Waals surface area (Å²) in [7, 11) is 1.82. The molecule has 0 N–H and O–H groups in total. The Labute approximate surface area is 46.1 Å². The second-order valence-corrected chi connectivity index (χ2v) is 5.86. The maximum Gasteiger partial charge on any atom is 0.210 e.